The Morgan fingerprint density at radius 3 is 2.19 bits per heavy atom. The normalized spacial score (nSPS) is 12.6. The summed E-state index contributed by atoms with van der Waals surface area (Å²) in [7, 11) is -4.18. The molecular formula is C25H24F4N2O4S. The molecule has 3 rings (SSSR count). The first-order valence-corrected chi connectivity index (χ1v) is 12.3. The highest BCUT2D eigenvalue weighted by Crippen LogP contribution is 2.34. The second-order valence-corrected chi connectivity index (χ2v) is 9.54. The third-order valence-corrected chi connectivity index (χ3v) is 6.70. The molecule has 0 fully saturated rings. The SMILES string of the molecule is CCC(C)N(Cc1ccc(OS(=O)(=O)c2ccc(F)cc2)cc1)C(=O)Nc1ccccc1C(F)(F)F. The van der Waals surface area contributed by atoms with Gasteiger partial charge in [0.2, 0.25) is 0 Å². The molecule has 0 bridgehead atoms. The van der Waals surface area contributed by atoms with E-state index >= 15 is 0 Å². The van der Waals surface area contributed by atoms with Gasteiger partial charge >= 0.3 is 22.3 Å². The molecule has 0 aliphatic carbocycles. The van der Waals surface area contributed by atoms with E-state index in [1.807, 2.05) is 6.92 Å². The Hall–Kier alpha value is -3.60. The molecule has 3 aromatic rings. The highest BCUT2D eigenvalue weighted by molar-refractivity contribution is 7.87. The first-order valence-electron chi connectivity index (χ1n) is 10.9. The highest BCUT2D eigenvalue weighted by atomic mass is 32.2. The number of nitrogens with one attached hydrogen (secondary N) is 1. The van der Waals surface area contributed by atoms with E-state index in [1.54, 1.807) is 19.1 Å². The minimum absolute atomic E-state index is 0.00159. The molecule has 6 nitrogen and oxygen atoms in total. The fraction of sp³-hybridized carbons (Fsp3) is 0.240. The van der Waals surface area contributed by atoms with Crippen molar-refractivity contribution < 1.29 is 35.0 Å². The van der Waals surface area contributed by atoms with Crippen LogP contribution >= 0.6 is 0 Å². The number of nitrogens with zero attached hydrogens (tertiary/aromatic N) is 1. The second-order valence-electron chi connectivity index (χ2n) is 7.99. The largest absolute Gasteiger partial charge is 0.418 e. The maximum atomic E-state index is 13.3. The number of rotatable bonds is 8. The molecule has 0 saturated carbocycles. The van der Waals surface area contributed by atoms with Gasteiger partial charge in [0.05, 0.1) is 11.3 Å². The number of alkyl halides is 3. The van der Waals surface area contributed by atoms with Crippen LogP contribution in [0, 0.1) is 5.82 Å². The van der Waals surface area contributed by atoms with Crippen LogP contribution in [0.5, 0.6) is 5.75 Å². The summed E-state index contributed by atoms with van der Waals surface area (Å²) >= 11 is 0. The first kappa shape index (κ1) is 27.0. The van der Waals surface area contributed by atoms with Crippen molar-refractivity contribution in [3.05, 3.63) is 89.7 Å². The topological polar surface area (TPSA) is 75.7 Å². The average Bonchev–Trinajstić information content (AvgIpc) is 2.82. The molecule has 0 aliphatic heterocycles. The Labute approximate surface area is 206 Å². The monoisotopic (exact) mass is 524 g/mol. The summed E-state index contributed by atoms with van der Waals surface area (Å²) in [4.78, 5) is 14.1. The molecule has 11 heteroatoms. The fourth-order valence-corrected chi connectivity index (χ4v) is 4.23. The van der Waals surface area contributed by atoms with Gasteiger partial charge in [0.15, 0.2) is 0 Å². The summed E-state index contributed by atoms with van der Waals surface area (Å²) in [6.07, 6.45) is -4.08. The summed E-state index contributed by atoms with van der Waals surface area (Å²) in [5.41, 5.74) is -0.703. The Bertz CT molecular complexity index is 1290. The molecule has 0 radical (unpaired) electrons. The Kier molecular flexibility index (Phi) is 8.24. The number of amides is 2. The standard InChI is InChI=1S/C25H24F4N2O4S/c1-3-17(2)31(24(32)30-23-7-5-4-6-22(23)25(27,28)29)16-18-8-12-20(13-9-18)35-36(33,34)21-14-10-19(26)11-15-21/h4-15,17H,3,16H2,1-2H3,(H,30,32). The van der Waals surface area contributed by atoms with E-state index in [2.05, 4.69) is 5.32 Å². The molecule has 3 aromatic carbocycles. The van der Waals surface area contributed by atoms with Gasteiger partial charge in [-0.3, -0.25) is 0 Å². The number of carbonyl (C=O) groups excluding carboxylic acids is 1. The lowest BCUT2D eigenvalue weighted by atomic mass is 10.1. The number of urea groups is 1. The third-order valence-electron chi connectivity index (χ3n) is 5.44. The lowest BCUT2D eigenvalue weighted by Crippen LogP contribution is -2.41. The molecule has 2 amide bonds. The van der Waals surface area contributed by atoms with Gasteiger partial charge in [-0.15, -0.1) is 0 Å². The fourth-order valence-electron chi connectivity index (χ4n) is 3.30. The van der Waals surface area contributed by atoms with Crippen molar-refractivity contribution >= 4 is 21.8 Å². The van der Waals surface area contributed by atoms with Crippen molar-refractivity contribution in [3.8, 4) is 5.75 Å². The molecule has 1 atom stereocenters. The van der Waals surface area contributed by atoms with Crippen molar-refractivity contribution in [3.63, 3.8) is 0 Å². The maximum Gasteiger partial charge on any atom is 0.418 e. The Balaban J connectivity index is 1.75. The minimum atomic E-state index is -4.63. The summed E-state index contributed by atoms with van der Waals surface area (Å²) in [5, 5.41) is 2.35. The van der Waals surface area contributed by atoms with E-state index in [0.717, 1.165) is 30.3 Å². The zero-order valence-electron chi connectivity index (χ0n) is 19.4. The van der Waals surface area contributed by atoms with Crippen LogP contribution in [0.4, 0.5) is 28.0 Å². The van der Waals surface area contributed by atoms with Crippen molar-refractivity contribution in [2.24, 2.45) is 0 Å². The number of hydrogen-bond acceptors (Lipinski definition) is 4. The van der Waals surface area contributed by atoms with E-state index < -0.39 is 33.7 Å². The van der Waals surface area contributed by atoms with Crippen LogP contribution in [0.3, 0.4) is 0 Å². The van der Waals surface area contributed by atoms with Gasteiger partial charge < -0.3 is 14.4 Å². The third kappa shape index (κ3) is 6.75. The van der Waals surface area contributed by atoms with Crippen molar-refractivity contribution in [1.82, 2.24) is 4.90 Å². The van der Waals surface area contributed by atoms with Gasteiger partial charge in [-0.05, 0) is 67.4 Å². The van der Waals surface area contributed by atoms with Crippen LogP contribution in [0.2, 0.25) is 0 Å². The molecule has 0 heterocycles. The molecule has 0 saturated heterocycles. The molecular weight excluding hydrogens is 500 g/mol. The second kappa shape index (κ2) is 11.0. The zero-order valence-corrected chi connectivity index (χ0v) is 20.2. The molecule has 1 unspecified atom stereocenters. The van der Waals surface area contributed by atoms with Gasteiger partial charge in [-0.2, -0.15) is 21.6 Å². The van der Waals surface area contributed by atoms with Gasteiger partial charge in [-0.1, -0.05) is 31.2 Å². The van der Waals surface area contributed by atoms with E-state index in [-0.39, 0.29) is 28.9 Å². The van der Waals surface area contributed by atoms with Crippen molar-refractivity contribution in [2.75, 3.05) is 5.32 Å². The number of benzene rings is 3. The molecule has 36 heavy (non-hydrogen) atoms. The maximum absolute atomic E-state index is 13.3. The Morgan fingerprint density at radius 1 is 1.00 bits per heavy atom. The van der Waals surface area contributed by atoms with E-state index in [9.17, 15) is 30.8 Å². The van der Waals surface area contributed by atoms with Gasteiger partial charge in [0.1, 0.15) is 16.5 Å². The van der Waals surface area contributed by atoms with E-state index in [4.69, 9.17) is 4.18 Å². The van der Waals surface area contributed by atoms with Crippen LogP contribution < -0.4 is 9.50 Å². The average molecular weight is 525 g/mol. The smallest absolute Gasteiger partial charge is 0.379 e. The summed E-state index contributed by atoms with van der Waals surface area (Å²) < 4.78 is 82.9. The van der Waals surface area contributed by atoms with Crippen molar-refractivity contribution in [2.45, 2.75) is 43.9 Å². The first-order chi connectivity index (χ1) is 16.9. The molecule has 192 valence electrons. The number of hydrogen-bond donors (Lipinski definition) is 1. The Morgan fingerprint density at radius 2 is 1.61 bits per heavy atom. The van der Waals surface area contributed by atoms with Gasteiger partial charge in [-0.25, -0.2) is 9.18 Å². The number of halogens is 4. The molecule has 0 aromatic heterocycles. The molecule has 0 spiro atoms. The predicted molar refractivity (Wildman–Crippen MR) is 126 cm³/mol. The number of para-hydroxylation sites is 1. The van der Waals surface area contributed by atoms with Crippen LogP contribution in [-0.2, 0) is 22.8 Å². The molecule has 1 N–H and O–H groups in total. The number of carbonyl (C=O) groups is 1. The summed E-state index contributed by atoms with van der Waals surface area (Å²) in [6, 6.07) is 13.7. The summed E-state index contributed by atoms with van der Waals surface area (Å²) in [6.45, 7) is 3.66. The van der Waals surface area contributed by atoms with Crippen LogP contribution in [0.1, 0.15) is 31.4 Å². The molecule has 0 aliphatic rings. The van der Waals surface area contributed by atoms with E-state index in [1.165, 1.54) is 35.2 Å². The van der Waals surface area contributed by atoms with Gasteiger partial charge in [0.25, 0.3) is 0 Å². The van der Waals surface area contributed by atoms with Crippen LogP contribution in [0.25, 0.3) is 0 Å². The lowest BCUT2D eigenvalue weighted by Gasteiger charge is -2.29. The zero-order chi connectivity index (χ0) is 26.5. The van der Waals surface area contributed by atoms with E-state index in [0.29, 0.717) is 12.0 Å². The predicted octanol–water partition coefficient (Wildman–Crippen LogP) is 6.44. The quantitative estimate of drug-likeness (QED) is 0.272. The van der Waals surface area contributed by atoms with Crippen LogP contribution in [-0.4, -0.2) is 25.4 Å². The minimum Gasteiger partial charge on any atom is -0.379 e. The van der Waals surface area contributed by atoms with Gasteiger partial charge in [0, 0.05) is 12.6 Å². The lowest BCUT2D eigenvalue weighted by molar-refractivity contribution is -0.136. The highest BCUT2D eigenvalue weighted by Gasteiger charge is 2.34. The number of anilines is 1. The van der Waals surface area contributed by atoms with Crippen molar-refractivity contribution in [1.29, 1.82) is 0 Å². The van der Waals surface area contributed by atoms with Crippen LogP contribution in [0.15, 0.2) is 77.7 Å². The summed E-state index contributed by atoms with van der Waals surface area (Å²) in [5.74, 6) is -0.586.